The second-order valence-corrected chi connectivity index (χ2v) is 4.57. The summed E-state index contributed by atoms with van der Waals surface area (Å²) in [5.41, 5.74) is 1.96. The van der Waals surface area contributed by atoms with Crippen LogP contribution in [0.4, 0.5) is 8.78 Å². The molecule has 0 spiro atoms. The fourth-order valence-electron chi connectivity index (χ4n) is 2.44. The molecule has 0 saturated carbocycles. The minimum Gasteiger partial charge on any atom is -0.464 e. The maximum absolute atomic E-state index is 14.0. The third-order valence-electron chi connectivity index (χ3n) is 3.38. The molecular formula is C16H13F2NO. The highest BCUT2D eigenvalue weighted by Gasteiger charge is 2.20. The minimum absolute atomic E-state index is 0.389. The van der Waals surface area contributed by atoms with Crippen molar-refractivity contribution in [3.63, 3.8) is 0 Å². The van der Waals surface area contributed by atoms with E-state index in [1.54, 1.807) is 13.3 Å². The summed E-state index contributed by atoms with van der Waals surface area (Å²) in [6.07, 6.45) is 1.61. The van der Waals surface area contributed by atoms with Crippen LogP contribution in [-0.2, 0) is 0 Å². The summed E-state index contributed by atoms with van der Waals surface area (Å²) in [5.74, 6) is -1.16. The van der Waals surface area contributed by atoms with Crippen LogP contribution in [0, 0.1) is 11.6 Å². The lowest BCUT2D eigenvalue weighted by Crippen LogP contribution is -2.18. The van der Waals surface area contributed by atoms with E-state index in [2.05, 4.69) is 5.32 Å². The molecule has 0 fully saturated rings. The lowest BCUT2D eigenvalue weighted by atomic mass is 9.98. The van der Waals surface area contributed by atoms with E-state index in [0.29, 0.717) is 5.56 Å². The van der Waals surface area contributed by atoms with Gasteiger partial charge in [0.15, 0.2) is 0 Å². The van der Waals surface area contributed by atoms with Crippen molar-refractivity contribution in [3.8, 4) is 0 Å². The fraction of sp³-hybridized carbons (Fsp3) is 0.125. The normalized spacial score (nSPS) is 12.8. The van der Waals surface area contributed by atoms with Crippen LogP contribution in [0.3, 0.4) is 0 Å². The zero-order valence-electron chi connectivity index (χ0n) is 10.9. The van der Waals surface area contributed by atoms with E-state index < -0.39 is 11.6 Å². The molecule has 0 aliphatic carbocycles. The molecule has 1 aromatic heterocycles. The molecule has 1 heterocycles. The van der Waals surface area contributed by atoms with Gasteiger partial charge in [-0.15, -0.1) is 0 Å². The van der Waals surface area contributed by atoms with Crippen molar-refractivity contribution in [2.24, 2.45) is 0 Å². The second kappa shape index (κ2) is 5.06. The van der Waals surface area contributed by atoms with Crippen molar-refractivity contribution in [1.82, 2.24) is 5.32 Å². The van der Waals surface area contributed by atoms with Gasteiger partial charge in [0, 0.05) is 22.6 Å². The van der Waals surface area contributed by atoms with Gasteiger partial charge in [-0.25, -0.2) is 8.78 Å². The Hall–Kier alpha value is -2.20. The summed E-state index contributed by atoms with van der Waals surface area (Å²) in [4.78, 5) is 0. The van der Waals surface area contributed by atoms with Crippen LogP contribution in [0.1, 0.15) is 17.2 Å². The number of fused-ring (bicyclic) bond motifs is 1. The van der Waals surface area contributed by atoms with Gasteiger partial charge in [-0.3, -0.25) is 0 Å². The molecule has 1 unspecified atom stereocenters. The average Bonchev–Trinajstić information content (AvgIpc) is 2.86. The molecule has 2 nitrogen and oxygen atoms in total. The summed E-state index contributed by atoms with van der Waals surface area (Å²) >= 11 is 0. The standard InChI is InChI=1S/C16H13F2NO/c1-19-16(12-7-6-10(17)8-14(12)18)13-9-20-15-5-3-2-4-11(13)15/h2-9,16,19H,1H3. The molecule has 0 bridgehead atoms. The highest BCUT2D eigenvalue weighted by atomic mass is 19.1. The average molecular weight is 273 g/mol. The fourth-order valence-corrected chi connectivity index (χ4v) is 2.44. The number of rotatable bonds is 3. The van der Waals surface area contributed by atoms with Crippen molar-refractivity contribution < 1.29 is 13.2 Å². The van der Waals surface area contributed by atoms with E-state index in [1.807, 2.05) is 24.3 Å². The van der Waals surface area contributed by atoms with Crippen LogP contribution < -0.4 is 5.32 Å². The van der Waals surface area contributed by atoms with Gasteiger partial charge in [-0.1, -0.05) is 24.3 Å². The van der Waals surface area contributed by atoms with Crippen LogP contribution in [-0.4, -0.2) is 7.05 Å². The molecule has 4 heteroatoms. The highest BCUT2D eigenvalue weighted by Crippen LogP contribution is 2.31. The molecule has 2 aromatic carbocycles. The summed E-state index contributed by atoms with van der Waals surface area (Å²) in [6.45, 7) is 0. The Morgan fingerprint density at radius 3 is 2.60 bits per heavy atom. The van der Waals surface area contributed by atoms with Gasteiger partial charge in [-0.05, 0) is 19.2 Å². The van der Waals surface area contributed by atoms with E-state index >= 15 is 0 Å². The van der Waals surface area contributed by atoms with E-state index in [0.717, 1.165) is 22.6 Å². The Kier molecular flexibility index (Phi) is 3.24. The summed E-state index contributed by atoms with van der Waals surface area (Å²) < 4.78 is 32.5. The van der Waals surface area contributed by atoms with Gasteiger partial charge < -0.3 is 9.73 Å². The van der Waals surface area contributed by atoms with Crippen LogP contribution in [0.2, 0.25) is 0 Å². The first-order valence-corrected chi connectivity index (χ1v) is 6.29. The number of furan rings is 1. The van der Waals surface area contributed by atoms with Crippen LogP contribution >= 0.6 is 0 Å². The highest BCUT2D eigenvalue weighted by molar-refractivity contribution is 5.81. The van der Waals surface area contributed by atoms with Gasteiger partial charge in [0.2, 0.25) is 0 Å². The maximum Gasteiger partial charge on any atom is 0.134 e. The van der Waals surface area contributed by atoms with Crippen molar-refractivity contribution >= 4 is 11.0 Å². The van der Waals surface area contributed by atoms with Gasteiger partial charge in [0.05, 0.1) is 12.3 Å². The Bertz CT molecular complexity index is 751. The number of benzene rings is 2. The van der Waals surface area contributed by atoms with Gasteiger partial charge >= 0.3 is 0 Å². The largest absolute Gasteiger partial charge is 0.464 e. The number of para-hydroxylation sites is 1. The topological polar surface area (TPSA) is 25.2 Å². The maximum atomic E-state index is 14.0. The predicted octanol–water partition coefficient (Wildman–Crippen LogP) is 4.02. The third kappa shape index (κ3) is 2.08. The Morgan fingerprint density at radius 1 is 1.05 bits per heavy atom. The molecule has 102 valence electrons. The van der Waals surface area contributed by atoms with Gasteiger partial charge in [0.1, 0.15) is 17.2 Å². The van der Waals surface area contributed by atoms with Crippen molar-refractivity contribution in [1.29, 1.82) is 0 Å². The Labute approximate surface area is 115 Å². The summed E-state index contributed by atoms with van der Waals surface area (Å²) in [7, 11) is 1.73. The molecule has 0 amide bonds. The van der Waals surface area contributed by atoms with Crippen LogP contribution in [0.15, 0.2) is 53.1 Å². The van der Waals surface area contributed by atoms with E-state index in [9.17, 15) is 8.78 Å². The summed E-state index contributed by atoms with van der Waals surface area (Å²) in [5, 5.41) is 3.96. The van der Waals surface area contributed by atoms with Crippen molar-refractivity contribution in [3.05, 3.63) is 71.5 Å². The molecule has 20 heavy (non-hydrogen) atoms. The molecule has 1 N–H and O–H groups in total. The molecule has 0 radical (unpaired) electrons. The first kappa shape index (κ1) is 12.8. The van der Waals surface area contributed by atoms with E-state index in [1.165, 1.54) is 12.1 Å². The third-order valence-corrected chi connectivity index (χ3v) is 3.38. The minimum atomic E-state index is -0.585. The number of hydrogen-bond acceptors (Lipinski definition) is 2. The molecule has 0 aliphatic heterocycles. The van der Waals surface area contributed by atoms with E-state index in [4.69, 9.17) is 4.42 Å². The molecule has 0 aliphatic rings. The molecular weight excluding hydrogens is 260 g/mol. The van der Waals surface area contributed by atoms with Crippen LogP contribution in [0.5, 0.6) is 0 Å². The lowest BCUT2D eigenvalue weighted by Gasteiger charge is -2.16. The lowest BCUT2D eigenvalue weighted by molar-refractivity contribution is 0.547. The number of nitrogens with one attached hydrogen (secondary N) is 1. The molecule has 1 atom stereocenters. The zero-order chi connectivity index (χ0) is 14.1. The number of hydrogen-bond donors (Lipinski definition) is 1. The Balaban J connectivity index is 2.14. The Morgan fingerprint density at radius 2 is 1.85 bits per heavy atom. The molecule has 3 rings (SSSR count). The van der Waals surface area contributed by atoms with Gasteiger partial charge in [-0.2, -0.15) is 0 Å². The smallest absolute Gasteiger partial charge is 0.134 e. The summed E-state index contributed by atoms with van der Waals surface area (Å²) in [6, 6.07) is 10.8. The number of halogens is 2. The monoisotopic (exact) mass is 273 g/mol. The molecule has 3 aromatic rings. The molecule has 0 saturated heterocycles. The quantitative estimate of drug-likeness (QED) is 0.779. The first-order chi connectivity index (χ1) is 9.70. The zero-order valence-corrected chi connectivity index (χ0v) is 10.9. The second-order valence-electron chi connectivity index (χ2n) is 4.57. The van der Waals surface area contributed by atoms with Crippen molar-refractivity contribution in [2.75, 3.05) is 7.05 Å². The van der Waals surface area contributed by atoms with E-state index in [-0.39, 0.29) is 6.04 Å². The van der Waals surface area contributed by atoms with Gasteiger partial charge in [0.25, 0.3) is 0 Å². The van der Waals surface area contributed by atoms with Crippen LogP contribution in [0.25, 0.3) is 11.0 Å². The SMILES string of the molecule is CNC(c1ccc(F)cc1F)c1coc2ccccc12. The van der Waals surface area contributed by atoms with Crippen molar-refractivity contribution in [2.45, 2.75) is 6.04 Å². The first-order valence-electron chi connectivity index (χ1n) is 6.29. The predicted molar refractivity (Wildman–Crippen MR) is 73.5 cm³/mol.